The average Bonchev–Trinajstić information content (AvgIpc) is 3.46. The van der Waals surface area contributed by atoms with Crippen molar-refractivity contribution in [3.05, 3.63) is 65.2 Å². The highest BCUT2D eigenvalue weighted by Gasteiger charge is 2.81. The van der Waals surface area contributed by atoms with Gasteiger partial charge in [-0.15, -0.1) is 0 Å². The van der Waals surface area contributed by atoms with Crippen LogP contribution >= 0.6 is 0 Å². The molecule has 4 saturated heterocycles. The minimum absolute atomic E-state index is 0.0104. The fourth-order valence-electron chi connectivity index (χ4n) is 15.2. The van der Waals surface area contributed by atoms with Crippen LogP contribution < -0.4 is 9.64 Å². The van der Waals surface area contributed by atoms with Gasteiger partial charge in [0.1, 0.15) is 16.8 Å². The van der Waals surface area contributed by atoms with Crippen molar-refractivity contribution in [2.75, 3.05) is 59.5 Å². The number of esters is 3. The van der Waals surface area contributed by atoms with E-state index in [-0.39, 0.29) is 29.7 Å². The molecule has 2 saturated carbocycles. The number of rotatable bonds is 7. The number of ether oxygens (including phenoxy) is 5. The molecule has 0 bridgehead atoms. The van der Waals surface area contributed by atoms with Crippen LogP contribution in [0.1, 0.15) is 69.6 Å². The summed E-state index contributed by atoms with van der Waals surface area (Å²) in [5.41, 5.74) is -1.18. The molecule has 312 valence electrons. The third-order valence-electron chi connectivity index (χ3n) is 17.1. The Morgan fingerprint density at radius 1 is 0.949 bits per heavy atom. The minimum Gasteiger partial charge on any atom is -0.496 e. The van der Waals surface area contributed by atoms with Gasteiger partial charge < -0.3 is 33.7 Å². The van der Waals surface area contributed by atoms with E-state index in [0.29, 0.717) is 43.7 Å². The summed E-state index contributed by atoms with van der Waals surface area (Å²) in [7, 11) is 6.24. The maximum atomic E-state index is 15.4. The van der Waals surface area contributed by atoms with Crippen LogP contribution in [0, 0.1) is 11.3 Å². The van der Waals surface area contributed by atoms with Crippen LogP contribution in [0.2, 0.25) is 0 Å². The van der Waals surface area contributed by atoms with Crippen molar-refractivity contribution < 1.29 is 43.2 Å². The fraction of sp³-hybridized carbons (Fsp3) is 0.609. The Kier molecular flexibility index (Phi) is 7.63. The molecule has 0 amide bonds. The highest BCUT2D eigenvalue weighted by molar-refractivity contribution is 6.21. The molecule has 0 unspecified atom stereocenters. The summed E-state index contributed by atoms with van der Waals surface area (Å²) in [5.74, 6) is -1.37. The number of carbonyl (C=O) groups is 3. The third kappa shape index (κ3) is 4.03. The molecule has 0 radical (unpaired) electrons. The Morgan fingerprint density at radius 3 is 2.42 bits per heavy atom. The summed E-state index contributed by atoms with van der Waals surface area (Å²) in [4.78, 5) is 55.3. The molecular weight excluding hydrogens is 753 g/mol. The second-order valence-electron chi connectivity index (χ2n) is 18.8. The second-order valence-corrected chi connectivity index (χ2v) is 18.8. The number of aliphatic imine (C=N–C) groups is 1. The number of hydrogen-bond donors (Lipinski definition) is 1. The molecule has 2 spiro atoms. The summed E-state index contributed by atoms with van der Waals surface area (Å²) < 4.78 is 30.8. The van der Waals surface area contributed by atoms with Gasteiger partial charge in [-0.05, 0) is 68.5 Å². The first kappa shape index (κ1) is 37.7. The number of para-hydroxylation sites is 1. The number of anilines is 1. The van der Waals surface area contributed by atoms with Crippen LogP contribution in [-0.4, -0.2) is 135 Å². The van der Waals surface area contributed by atoms with Crippen molar-refractivity contribution in [1.29, 1.82) is 0 Å². The van der Waals surface area contributed by atoms with E-state index in [9.17, 15) is 14.7 Å². The van der Waals surface area contributed by atoms with E-state index < -0.39 is 57.3 Å². The first-order valence-corrected chi connectivity index (χ1v) is 21.4. The molecule has 7 heterocycles. The highest BCUT2D eigenvalue weighted by atomic mass is 16.6. The van der Waals surface area contributed by atoms with E-state index in [0.717, 1.165) is 54.1 Å². The van der Waals surface area contributed by atoms with Gasteiger partial charge in [-0.3, -0.25) is 24.4 Å². The number of benzene rings is 2. The number of piperidine rings is 1. The Hall–Kier alpha value is -4.30. The topological polar surface area (TPSA) is 143 Å². The van der Waals surface area contributed by atoms with Gasteiger partial charge in [0.2, 0.25) is 5.60 Å². The number of carbonyl (C=O) groups excluding carboxylic acids is 3. The van der Waals surface area contributed by atoms with E-state index in [1.807, 2.05) is 31.0 Å². The maximum Gasteiger partial charge on any atom is 0.344 e. The first-order chi connectivity index (χ1) is 28.3. The van der Waals surface area contributed by atoms with Crippen LogP contribution in [0.15, 0.2) is 53.5 Å². The molecule has 2 aromatic carbocycles. The summed E-state index contributed by atoms with van der Waals surface area (Å²) >= 11 is 0. The SMILES string of the molecule is CC[C@]12CN3CC[C@@]45C(=Nc6ccccc64)[C@@](C(=O)OC)(c4cc6c(cc4OC)N(C)[C@H]4[C@@](O)(C(=O)OC)[C@H](OC(C)=O)[C@]7(CC)C=CCN8CC[C@]64[C@@H]87)C[C@H]([C@H]1O2)[C@H]35. The number of hydrogen-bond acceptors (Lipinski definition) is 13. The van der Waals surface area contributed by atoms with Crippen molar-refractivity contribution in [3.63, 3.8) is 0 Å². The van der Waals surface area contributed by atoms with Crippen LogP contribution in [-0.2, 0) is 49.6 Å². The Labute approximate surface area is 344 Å². The lowest BCUT2D eigenvalue weighted by atomic mass is 9.47. The molecule has 12 atom stereocenters. The second kappa shape index (κ2) is 12.0. The van der Waals surface area contributed by atoms with Crippen molar-refractivity contribution in [3.8, 4) is 5.75 Å². The molecule has 59 heavy (non-hydrogen) atoms. The lowest BCUT2D eigenvalue weighted by molar-refractivity contribution is -0.228. The maximum absolute atomic E-state index is 15.4. The predicted molar refractivity (Wildman–Crippen MR) is 216 cm³/mol. The zero-order valence-electron chi connectivity index (χ0n) is 34.9. The molecule has 13 nitrogen and oxygen atoms in total. The molecule has 2 aromatic rings. The third-order valence-corrected chi connectivity index (χ3v) is 17.1. The standard InChI is InChI=1S/C46H54N4O9/c1-8-41-15-12-18-49-19-17-44(36(41)49)28-21-29(32(55-5)22-31(28)48(4)37(44)46(54,40(53)57-7)38(41)58-25(3)51)45(39(52)56-6)23-26-33-43(27-13-10-11-14-30(27)47-35(43)45)16-20-50(33)24-42(9-2)34(26)59-42/h10-15,21-22,26,33-34,36-38,54H,8-9,16-20,23-24H2,1-7H3/t26-,33-,34+,36-,37+,38+,41+,42-,43+,44+,45-,46-/m0/s1. The molecule has 9 aliphatic rings. The highest BCUT2D eigenvalue weighted by Crippen LogP contribution is 2.71. The number of methoxy groups -OCH3 is 3. The number of fused-ring (bicyclic) bond motifs is 4. The van der Waals surface area contributed by atoms with Crippen molar-refractivity contribution in [2.24, 2.45) is 16.3 Å². The van der Waals surface area contributed by atoms with Gasteiger partial charge in [0, 0.05) is 73.2 Å². The van der Waals surface area contributed by atoms with Gasteiger partial charge in [-0.25, -0.2) is 4.79 Å². The van der Waals surface area contributed by atoms with Crippen LogP contribution in [0.25, 0.3) is 0 Å². The molecule has 6 fully saturated rings. The fourth-order valence-corrected chi connectivity index (χ4v) is 15.2. The largest absolute Gasteiger partial charge is 0.496 e. The minimum atomic E-state index is -2.28. The van der Waals surface area contributed by atoms with Gasteiger partial charge in [0.25, 0.3) is 0 Å². The predicted octanol–water partition coefficient (Wildman–Crippen LogP) is 3.73. The quantitative estimate of drug-likeness (QED) is 0.189. The zero-order chi connectivity index (χ0) is 41.2. The number of nitrogens with zero attached hydrogens (tertiary/aromatic N) is 4. The van der Waals surface area contributed by atoms with Crippen LogP contribution in [0.5, 0.6) is 5.75 Å². The summed E-state index contributed by atoms with van der Waals surface area (Å²) in [6.45, 7) is 8.60. The van der Waals surface area contributed by atoms with Crippen LogP contribution in [0.4, 0.5) is 11.4 Å². The van der Waals surface area contributed by atoms with E-state index in [4.69, 9.17) is 28.7 Å². The van der Waals surface area contributed by atoms with Gasteiger partial charge in [-0.2, -0.15) is 0 Å². The lowest BCUT2D eigenvalue weighted by Crippen LogP contribution is -2.81. The molecule has 13 heteroatoms. The summed E-state index contributed by atoms with van der Waals surface area (Å²) in [5, 5.41) is 13.3. The van der Waals surface area contributed by atoms with Gasteiger partial charge in [-0.1, -0.05) is 44.2 Å². The monoisotopic (exact) mass is 806 g/mol. The number of aliphatic hydroxyl groups is 1. The molecule has 0 aromatic heterocycles. The molecular formula is C46H54N4O9. The Bertz CT molecular complexity index is 2300. The van der Waals surface area contributed by atoms with Crippen LogP contribution in [0.3, 0.4) is 0 Å². The lowest BCUT2D eigenvalue weighted by Gasteiger charge is -2.63. The Balaban J connectivity index is 1.20. The molecule has 11 rings (SSSR count). The average molecular weight is 807 g/mol. The normalized spacial score (nSPS) is 42.6. The summed E-state index contributed by atoms with van der Waals surface area (Å²) in [6, 6.07) is 11.4. The van der Waals surface area contributed by atoms with E-state index in [2.05, 4.69) is 53.1 Å². The van der Waals surface area contributed by atoms with Gasteiger partial charge >= 0.3 is 17.9 Å². The van der Waals surface area contributed by atoms with Crippen molar-refractivity contribution in [2.45, 2.75) is 111 Å². The van der Waals surface area contributed by atoms with E-state index in [1.165, 1.54) is 21.1 Å². The van der Waals surface area contributed by atoms with E-state index >= 15 is 4.79 Å². The first-order valence-electron chi connectivity index (χ1n) is 21.4. The van der Waals surface area contributed by atoms with E-state index in [1.54, 1.807) is 7.11 Å². The molecule has 2 aliphatic carbocycles. The molecule has 1 N–H and O–H groups in total. The number of likely N-dealkylation sites (N-methyl/N-ethyl adjacent to an activating group) is 1. The zero-order valence-corrected chi connectivity index (χ0v) is 34.9. The number of epoxide rings is 1. The van der Waals surface area contributed by atoms with Crippen molar-refractivity contribution in [1.82, 2.24) is 9.80 Å². The Morgan fingerprint density at radius 2 is 1.71 bits per heavy atom. The van der Waals surface area contributed by atoms with Crippen molar-refractivity contribution >= 4 is 35.0 Å². The smallest absolute Gasteiger partial charge is 0.344 e. The molecule has 7 aliphatic heterocycles. The van der Waals surface area contributed by atoms with Gasteiger partial charge in [0.15, 0.2) is 6.10 Å². The summed E-state index contributed by atoms with van der Waals surface area (Å²) in [6.07, 6.45) is 6.04. The van der Waals surface area contributed by atoms with Gasteiger partial charge in [0.05, 0.1) is 50.3 Å².